The number of hydrogen-bond donors (Lipinski definition) is 1. The summed E-state index contributed by atoms with van der Waals surface area (Å²) in [5.74, 6) is 0.261. The van der Waals surface area contributed by atoms with E-state index in [1.165, 1.54) is 11.9 Å². The molecule has 86 valence electrons. The Morgan fingerprint density at radius 3 is 2.14 bits per heavy atom. The quantitative estimate of drug-likeness (QED) is 0.753. The Kier molecular flexibility index (Phi) is 5.44. The Hall–Kier alpha value is -0.290. The van der Waals surface area contributed by atoms with Gasteiger partial charge in [-0.1, -0.05) is 20.3 Å². The summed E-state index contributed by atoms with van der Waals surface area (Å²) < 4.78 is 37.2. The average molecular weight is 212 g/mol. The summed E-state index contributed by atoms with van der Waals surface area (Å²) in [5, 5.41) is 0. The standard InChI is InChI=1S/C9H19F3N2/c1-4-7(2)6-14(3)8(5-13)9(10,11)12/h7-8H,4-6,13H2,1-3H3. The molecule has 2 unspecified atom stereocenters. The molecule has 0 aliphatic heterocycles. The minimum atomic E-state index is -4.23. The molecule has 0 aromatic heterocycles. The lowest BCUT2D eigenvalue weighted by molar-refractivity contribution is -0.178. The van der Waals surface area contributed by atoms with Gasteiger partial charge in [-0.15, -0.1) is 0 Å². The predicted molar refractivity (Wildman–Crippen MR) is 51.0 cm³/mol. The molecule has 2 N–H and O–H groups in total. The fraction of sp³-hybridized carbons (Fsp3) is 1.00. The van der Waals surface area contributed by atoms with Gasteiger partial charge in [-0.25, -0.2) is 0 Å². The SMILES string of the molecule is CCC(C)CN(C)C(CN)C(F)(F)F. The lowest BCUT2D eigenvalue weighted by atomic mass is 10.1. The van der Waals surface area contributed by atoms with Crippen molar-refractivity contribution in [1.29, 1.82) is 0 Å². The van der Waals surface area contributed by atoms with Crippen molar-refractivity contribution in [3.63, 3.8) is 0 Å². The minimum Gasteiger partial charge on any atom is -0.329 e. The molecule has 0 saturated carbocycles. The number of nitrogens with zero attached hydrogens (tertiary/aromatic N) is 1. The van der Waals surface area contributed by atoms with Crippen molar-refractivity contribution >= 4 is 0 Å². The summed E-state index contributed by atoms with van der Waals surface area (Å²) in [7, 11) is 1.47. The van der Waals surface area contributed by atoms with Gasteiger partial charge in [-0.2, -0.15) is 13.2 Å². The summed E-state index contributed by atoms with van der Waals surface area (Å²) in [6.07, 6.45) is -3.35. The van der Waals surface area contributed by atoms with Crippen molar-refractivity contribution in [3.05, 3.63) is 0 Å². The molecule has 2 atom stereocenters. The average Bonchev–Trinajstić information content (AvgIpc) is 2.02. The topological polar surface area (TPSA) is 29.3 Å². The van der Waals surface area contributed by atoms with Crippen LogP contribution in [0, 0.1) is 5.92 Å². The number of alkyl halides is 3. The third-order valence-electron chi connectivity index (χ3n) is 2.43. The highest BCUT2D eigenvalue weighted by Gasteiger charge is 2.41. The van der Waals surface area contributed by atoms with Crippen molar-refractivity contribution < 1.29 is 13.2 Å². The Labute approximate surface area is 83.3 Å². The van der Waals surface area contributed by atoms with Crippen LogP contribution >= 0.6 is 0 Å². The van der Waals surface area contributed by atoms with Gasteiger partial charge in [-0.3, -0.25) is 4.90 Å². The van der Waals surface area contributed by atoms with E-state index >= 15 is 0 Å². The molecule has 0 amide bonds. The third kappa shape index (κ3) is 4.28. The van der Waals surface area contributed by atoms with Crippen molar-refractivity contribution in [2.45, 2.75) is 32.5 Å². The van der Waals surface area contributed by atoms with E-state index < -0.39 is 12.2 Å². The second-order valence-electron chi connectivity index (χ2n) is 3.75. The molecule has 2 nitrogen and oxygen atoms in total. The van der Waals surface area contributed by atoms with Gasteiger partial charge in [-0.05, 0) is 13.0 Å². The van der Waals surface area contributed by atoms with Crippen molar-refractivity contribution in [2.75, 3.05) is 20.1 Å². The van der Waals surface area contributed by atoms with Crippen LogP contribution in [0.15, 0.2) is 0 Å². The largest absolute Gasteiger partial charge is 0.405 e. The normalized spacial score (nSPS) is 17.1. The molecule has 0 rings (SSSR count). The highest BCUT2D eigenvalue weighted by atomic mass is 19.4. The fourth-order valence-electron chi connectivity index (χ4n) is 1.31. The Morgan fingerprint density at radius 2 is 1.86 bits per heavy atom. The maximum absolute atomic E-state index is 12.4. The van der Waals surface area contributed by atoms with Crippen LogP contribution in [-0.2, 0) is 0 Å². The highest BCUT2D eigenvalue weighted by Crippen LogP contribution is 2.24. The number of nitrogens with two attached hydrogens (primary N) is 1. The molecule has 0 aromatic rings. The Balaban J connectivity index is 4.25. The maximum atomic E-state index is 12.4. The van der Waals surface area contributed by atoms with Gasteiger partial charge in [0.05, 0.1) is 0 Å². The van der Waals surface area contributed by atoms with E-state index in [2.05, 4.69) is 0 Å². The highest BCUT2D eigenvalue weighted by molar-refractivity contribution is 4.78. The van der Waals surface area contributed by atoms with Crippen LogP contribution < -0.4 is 5.73 Å². The first-order valence-electron chi connectivity index (χ1n) is 4.79. The van der Waals surface area contributed by atoms with Gasteiger partial charge in [0.2, 0.25) is 0 Å². The summed E-state index contributed by atoms with van der Waals surface area (Å²) in [6.45, 7) is 3.94. The zero-order valence-corrected chi connectivity index (χ0v) is 8.93. The zero-order chi connectivity index (χ0) is 11.4. The van der Waals surface area contributed by atoms with E-state index in [0.717, 1.165) is 6.42 Å². The van der Waals surface area contributed by atoms with Gasteiger partial charge in [0.25, 0.3) is 0 Å². The molecule has 0 fully saturated rings. The molecular formula is C9H19F3N2. The Morgan fingerprint density at radius 1 is 1.36 bits per heavy atom. The molecule has 0 saturated heterocycles. The van der Waals surface area contributed by atoms with Crippen molar-refractivity contribution in [2.24, 2.45) is 11.7 Å². The smallest absolute Gasteiger partial charge is 0.329 e. The lowest BCUT2D eigenvalue weighted by Crippen LogP contribution is -2.49. The summed E-state index contributed by atoms with van der Waals surface area (Å²) in [5.41, 5.74) is 5.12. The predicted octanol–water partition coefficient (Wildman–Crippen LogP) is 1.85. The molecule has 0 spiro atoms. The second-order valence-corrected chi connectivity index (χ2v) is 3.75. The van der Waals surface area contributed by atoms with Gasteiger partial charge < -0.3 is 5.73 Å². The van der Waals surface area contributed by atoms with Gasteiger partial charge in [0, 0.05) is 13.1 Å². The summed E-state index contributed by atoms with van der Waals surface area (Å²) >= 11 is 0. The first kappa shape index (κ1) is 13.7. The third-order valence-corrected chi connectivity index (χ3v) is 2.43. The number of likely N-dealkylation sites (N-methyl/N-ethyl adjacent to an activating group) is 1. The first-order chi connectivity index (χ1) is 6.32. The fourth-order valence-corrected chi connectivity index (χ4v) is 1.31. The molecular weight excluding hydrogens is 193 g/mol. The minimum absolute atomic E-state index is 0.261. The zero-order valence-electron chi connectivity index (χ0n) is 8.93. The van der Waals surface area contributed by atoms with Crippen LogP contribution in [0.2, 0.25) is 0 Å². The number of hydrogen-bond acceptors (Lipinski definition) is 2. The molecule has 14 heavy (non-hydrogen) atoms. The molecule has 0 bridgehead atoms. The van der Waals surface area contributed by atoms with E-state index in [0.29, 0.717) is 6.54 Å². The summed E-state index contributed by atoms with van der Waals surface area (Å²) in [4.78, 5) is 1.29. The van der Waals surface area contributed by atoms with Gasteiger partial charge in [0.1, 0.15) is 6.04 Å². The van der Waals surface area contributed by atoms with Crippen LogP contribution in [0.3, 0.4) is 0 Å². The van der Waals surface area contributed by atoms with Gasteiger partial charge >= 0.3 is 6.18 Å². The molecule has 0 radical (unpaired) electrons. The van der Waals surface area contributed by atoms with Crippen molar-refractivity contribution in [1.82, 2.24) is 4.90 Å². The van der Waals surface area contributed by atoms with E-state index in [-0.39, 0.29) is 12.5 Å². The van der Waals surface area contributed by atoms with E-state index in [1.54, 1.807) is 0 Å². The molecule has 5 heteroatoms. The van der Waals surface area contributed by atoms with E-state index in [4.69, 9.17) is 5.73 Å². The summed E-state index contributed by atoms with van der Waals surface area (Å²) in [6, 6.07) is -1.52. The van der Waals surface area contributed by atoms with Crippen LogP contribution in [0.4, 0.5) is 13.2 Å². The van der Waals surface area contributed by atoms with E-state index in [1.807, 2.05) is 13.8 Å². The van der Waals surface area contributed by atoms with Crippen LogP contribution in [0.5, 0.6) is 0 Å². The number of rotatable bonds is 5. The molecule has 0 aromatic carbocycles. The number of halogens is 3. The molecule has 0 heterocycles. The van der Waals surface area contributed by atoms with Crippen LogP contribution in [0.25, 0.3) is 0 Å². The molecule has 0 aliphatic rings. The van der Waals surface area contributed by atoms with Crippen molar-refractivity contribution in [3.8, 4) is 0 Å². The van der Waals surface area contributed by atoms with Crippen LogP contribution in [-0.4, -0.2) is 37.3 Å². The lowest BCUT2D eigenvalue weighted by Gasteiger charge is -2.30. The monoisotopic (exact) mass is 212 g/mol. The van der Waals surface area contributed by atoms with Gasteiger partial charge in [0.15, 0.2) is 0 Å². The molecule has 0 aliphatic carbocycles. The van der Waals surface area contributed by atoms with E-state index in [9.17, 15) is 13.2 Å². The second kappa shape index (κ2) is 5.56. The first-order valence-corrected chi connectivity index (χ1v) is 4.79. The Bertz CT molecular complexity index is 159. The maximum Gasteiger partial charge on any atom is 0.405 e. The van der Waals surface area contributed by atoms with Crippen LogP contribution in [0.1, 0.15) is 20.3 Å².